The Bertz CT molecular complexity index is 1240. The quantitative estimate of drug-likeness (QED) is 0.302. The Morgan fingerprint density at radius 2 is 1.79 bits per heavy atom. The molecular weight excluding hydrogens is 494 g/mol. The van der Waals surface area contributed by atoms with Gasteiger partial charge in [-0.3, -0.25) is 29.0 Å². The third kappa shape index (κ3) is 7.11. The molecule has 0 bridgehead atoms. The van der Waals surface area contributed by atoms with Crippen LogP contribution in [-0.2, 0) is 24.0 Å². The molecule has 0 aliphatic carbocycles. The van der Waals surface area contributed by atoms with Gasteiger partial charge in [0.2, 0.25) is 17.6 Å². The van der Waals surface area contributed by atoms with Crippen molar-refractivity contribution >= 4 is 46.3 Å². The van der Waals surface area contributed by atoms with Crippen LogP contribution in [0.3, 0.4) is 0 Å². The lowest BCUT2D eigenvalue weighted by Gasteiger charge is -2.23. The SMILES string of the molecule is CC(C)C[C@H](NC(=O)CNC(=O)C(=O)[C@@H]1CCCN1C(=O)CNC(=O)c1ccnc2ccccc12)C(=O)O. The number of nitrogens with one attached hydrogen (secondary N) is 3. The lowest BCUT2D eigenvalue weighted by Crippen LogP contribution is -2.51. The monoisotopic (exact) mass is 525 g/mol. The molecule has 2 atom stereocenters. The number of hydrogen-bond donors (Lipinski definition) is 4. The molecule has 1 fully saturated rings. The second kappa shape index (κ2) is 12.7. The standard InChI is InChI=1S/C26H31N5O7/c1-15(2)12-19(26(37)38)30-21(32)13-28-25(36)23(34)20-8-5-11-31(20)22(33)14-29-24(35)17-9-10-27-18-7-4-3-6-16(17)18/h3-4,6-7,9-10,15,19-20H,5,8,11-14H2,1-2H3,(H,28,36)(H,29,35)(H,30,32)(H,37,38)/t19-,20-/m0/s1. The smallest absolute Gasteiger partial charge is 0.326 e. The third-order valence-corrected chi connectivity index (χ3v) is 6.14. The van der Waals surface area contributed by atoms with Crippen molar-refractivity contribution in [3.05, 3.63) is 42.1 Å². The van der Waals surface area contributed by atoms with Gasteiger partial charge in [-0.05, 0) is 37.3 Å². The average Bonchev–Trinajstić information content (AvgIpc) is 3.38. The topological polar surface area (TPSA) is 175 Å². The predicted molar refractivity (Wildman–Crippen MR) is 136 cm³/mol. The number of nitrogens with zero attached hydrogens (tertiary/aromatic N) is 2. The highest BCUT2D eigenvalue weighted by Crippen LogP contribution is 2.19. The fraction of sp³-hybridized carbons (Fsp3) is 0.423. The summed E-state index contributed by atoms with van der Waals surface area (Å²) in [6.07, 6.45) is 2.47. The van der Waals surface area contributed by atoms with Crippen molar-refractivity contribution in [2.24, 2.45) is 5.92 Å². The zero-order chi connectivity index (χ0) is 27.8. The first-order chi connectivity index (χ1) is 18.1. The fourth-order valence-electron chi connectivity index (χ4n) is 4.32. The lowest BCUT2D eigenvalue weighted by atomic mass is 10.0. The van der Waals surface area contributed by atoms with E-state index in [4.69, 9.17) is 0 Å². The van der Waals surface area contributed by atoms with Gasteiger partial charge in [-0.2, -0.15) is 0 Å². The van der Waals surface area contributed by atoms with Crippen molar-refractivity contribution in [3.8, 4) is 0 Å². The van der Waals surface area contributed by atoms with Gasteiger partial charge in [0.05, 0.1) is 24.2 Å². The highest BCUT2D eigenvalue weighted by molar-refractivity contribution is 6.38. The Kier molecular flexibility index (Phi) is 9.47. The van der Waals surface area contributed by atoms with E-state index >= 15 is 0 Å². The maximum absolute atomic E-state index is 12.8. The first-order valence-corrected chi connectivity index (χ1v) is 12.3. The number of carboxylic acid groups (broad SMARTS) is 1. The number of amides is 4. The van der Waals surface area contributed by atoms with Gasteiger partial charge in [0, 0.05) is 18.1 Å². The Hall–Kier alpha value is -4.35. The summed E-state index contributed by atoms with van der Waals surface area (Å²) in [6.45, 7) is 2.92. The van der Waals surface area contributed by atoms with E-state index < -0.39 is 54.0 Å². The molecule has 0 unspecified atom stereocenters. The van der Waals surface area contributed by atoms with Gasteiger partial charge in [0.1, 0.15) is 12.1 Å². The largest absolute Gasteiger partial charge is 0.480 e. The summed E-state index contributed by atoms with van der Waals surface area (Å²) in [5.41, 5.74) is 0.989. The maximum Gasteiger partial charge on any atom is 0.326 e. The molecule has 2 heterocycles. The van der Waals surface area contributed by atoms with E-state index in [1.807, 2.05) is 13.8 Å². The van der Waals surface area contributed by atoms with E-state index in [2.05, 4.69) is 20.9 Å². The van der Waals surface area contributed by atoms with E-state index in [-0.39, 0.29) is 31.8 Å². The lowest BCUT2D eigenvalue weighted by molar-refractivity contribution is -0.144. The molecule has 4 N–H and O–H groups in total. The number of benzene rings is 1. The summed E-state index contributed by atoms with van der Waals surface area (Å²) in [5, 5.41) is 16.9. The summed E-state index contributed by atoms with van der Waals surface area (Å²) in [6, 6.07) is 6.51. The van der Waals surface area contributed by atoms with Gasteiger partial charge < -0.3 is 26.0 Å². The molecule has 3 rings (SSSR count). The number of aromatic nitrogens is 1. The summed E-state index contributed by atoms with van der Waals surface area (Å²) in [5.74, 6) is -4.84. The van der Waals surface area contributed by atoms with Crippen molar-refractivity contribution in [1.82, 2.24) is 25.8 Å². The molecule has 38 heavy (non-hydrogen) atoms. The highest BCUT2D eigenvalue weighted by atomic mass is 16.4. The minimum absolute atomic E-state index is 0.0206. The number of ketones is 1. The van der Waals surface area contributed by atoms with Crippen LogP contribution in [0.25, 0.3) is 10.9 Å². The second-order valence-electron chi connectivity index (χ2n) is 9.44. The van der Waals surface area contributed by atoms with Crippen molar-refractivity contribution < 1.29 is 33.9 Å². The Labute approximate surface area is 219 Å². The van der Waals surface area contributed by atoms with Crippen LogP contribution in [0.1, 0.15) is 43.5 Å². The number of hydrogen-bond acceptors (Lipinski definition) is 7. The van der Waals surface area contributed by atoms with Crippen molar-refractivity contribution in [1.29, 1.82) is 0 Å². The number of pyridine rings is 1. The van der Waals surface area contributed by atoms with E-state index in [1.165, 1.54) is 11.1 Å². The van der Waals surface area contributed by atoms with Crippen LogP contribution < -0.4 is 16.0 Å². The zero-order valence-corrected chi connectivity index (χ0v) is 21.2. The van der Waals surface area contributed by atoms with E-state index in [1.54, 1.807) is 30.3 Å². The number of carbonyl (C=O) groups is 6. The molecule has 2 aromatic rings. The molecule has 1 aliphatic rings. The van der Waals surface area contributed by atoms with Crippen LogP contribution in [0.5, 0.6) is 0 Å². The molecule has 12 nitrogen and oxygen atoms in total. The second-order valence-corrected chi connectivity index (χ2v) is 9.44. The molecule has 0 radical (unpaired) electrons. The minimum atomic E-state index is -1.20. The van der Waals surface area contributed by atoms with Crippen molar-refractivity contribution in [2.45, 2.75) is 45.2 Å². The molecule has 1 saturated heterocycles. The normalized spacial score (nSPS) is 15.7. The predicted octanol–water partition coefficient (Wildman–Crippen LogP) is 0.256. The van der Waals surface area contributed by atoms with Crippen LogP contribution in [-0.4, -0.2) is 82.1 Å². The van der Waals surface area contributed by atoms with Gasteiger partial charge in [-0.25, -0.2) is 4.79 Å². The molecule has 202 valence electrons. The van der Waals surface area contributed by atoms with Crippen LogP contribution >= 0.6 is 0 Å². The summed E-state index contributed by atoms with van der Waals surface area (Å²) < 4.78 is 0. The minimum Gasteiger partial charge on any atom is -0.480 e. The average molecular weight is 526 g/mol. The molecule has 0 spiro atoms. The molecule has 4 amide bonds. The Morgan fingerprint density at radius 3 is 2.50 bits per heavy atom. The summed E-state index contributed by atoms with van der Waals surface area (Å²) >= 11 is 0. The summed E-state index contributed by atoms with van der Waals surface area (Å²) in [7, 11) is 0. The highest BCUT2D eigenvalue weighted by Gasteiger charge is 2.37. The maximum atomic E-state index is 12.8. The molecular formula is C26H31N5O7. The van der Waals surface area contributed by atoms with Crippen molar-refractivity contribution in [2.75, 3.05) is 19.6 Å². The number of aliphatic carboxylic acids is 1. The van der Waals surface area contributed by atoms with Crippen LogP contribution in [0, 0.1) is 5.92 Å². The number of likely N-dealkylation sites (tertiary alicyclic amines) is 1. The number of carbonyl (C=O) groups excluding carboxylic acids is 5. The van der Waals surface area contributed by atoms with Gasteiger partial charge >= 0.3 is 5.97 Å². The van der Waals surface area contributed by atoms with Crippen LogP contribution in [0.15, 0.2) is 36.5 Å². The molecule has 12 heteroatoms. The summed E-state index contributed by atoms with van der Waals surface area (Å²) in [4.78, 5) is 79.5. The van der Waals surface area contributed by atoms with E-state index in [0.29, 0.717) is 22.9 Å². The van der Waals surface area contributed by atoms with Gasteiger partial charge in [0.15, 0.2) is 0 Å². The zero-order valence-electron chi connectivity index (χ0n) is 21.2. The molecule has 1 aliphatic heterocycles. The third-order valence-electron chi connectivity index (χ3n) is 6.14. The first-order valence-electron chi connectivity index (χ1n) is 12.3. The van der Waals surface area contributed by atoms with Gasteiger partial charge in [-0.15, -0.1) is 0 Å². The van der Waals surface area contributed by atoms with E-state index in [0.717, 1.165) is 0 Å². The van der Waals surface area contributed by atoms with Gasteiger partial charge in [0.25, 0.3) is 11.8 Å². The molecule has 1 aromatic heterocycles. The molecule has 1 aromatic carbocycles. The molecule has 0 saturated carbocycles. The number of fused-ring (bicyclic) bond motifs is 1. The van der Waals surface area contributed by atoms with E-state index in [9.17, 15) is 33.9 Å². The van der Waals surface area contributed by atoms with Crippen LogP contribution in [0.2, 0.25) is 0 Å². The number of para-hydroxylation sites is 1. The van der Waals surface area contributed by atoms with Crippen LogP contribution in [0.4, 0.5) is 0 Å². The number of carboxylic acids is 1. The number of Topliss-reactive ketones (excluding diaryl/α,β-unsaturated/α-hetero) is 1. The van der Waals surface area contributed by atoms with Crippen molar-refractivity contribution in [3.63, 3.8) is 0 Å². The van der Waals surface area contributed by atoms with Gasteiger partial charge in [-0.1, -0.05) is 32.0 Å². The fourth-order valence-corrected chi connectivity index (χ4v) is 4.32. The first kappa shape index (κ1) is 28.2. The Morgan fingerprint density at radius 1 is 1.05 bits per heavy atom. The Balaban J connectivity index is 1.53. The number of rotatable bonds is 11.